The van der Waals surface area contributed by atoms with Gasteiger partial charge in [0.2, 0.25) is 0 Å². The van der Waals surface area contributed by atoms with E-state index in [4.69, 9.17) is 4.42 Å². The molecule has 1 aromatic heterocycles. The van der Waals surface area contributed by atoms with Gasteiger partial charge in [0.05, 0.1) is 12.8 Å². The Morgan fingerprint density at radius 3 is 2.75 bits per heavy atom. The summed E-state index contributed by atoms with van der Waals surface area (Å²) >= 11 is 0. The van der Waals surface area contributed by atoms with Crippen molar-refractivity contribution in [1.29, 1.82) is 0 Å². The Hall–Kier alpha value is -0.970. The standard InChI is InChI=1S/C19H31F3N4O.HI/c1-2-26-13-5-7-16(26)15-25-18(23-11-4-3-10-19(20,21)22)24-12-9-17-8-6-14-27-17;/h6,8,14,16H,2-5,7,9-13,15H2,1H3,(H2,23,24,25);1H. The normalized spacial score (nSPS) is 18.1. The molecule has 1 aliphatic rings. The first-order chi connectivity index (χ1) is 13.0. The van der Waals surface area contributed by atoms with Crippen LogP contribution in [0.4, 0.5) is 13.2 Å². The molecule has 2 N–H and O–H groups in total. The van der Waals surface area contributed by atoms with E-state index in [9.17, 15) is 13.2 Å². The van der Waals surface area contributed by atoms with Gasteiger partial charge in [-0.2, -0.15) is 13.2 Å². The molecule has 1 saturated heterocycles. The third-order valence-electron chi connectivity index (χ3n) is 4.79. The van der Waals surface area contributed by atoms with E-state index in [1.165, 1.54) is 6.42 Å². The number of hydrogen-bond acceptors (Lipinski definition) is 3. The van der Waals surface area contributed by atoms with Crippen LogP contribution in [0.2, 0.25) is 0 Å². The van der Waals surface area contributed by atoms with Gasteiger partial charge in [0.15, 0.2) is 5.96 Å². The molecule has 0 bridgehead atoms. The van der Waals surface area contributed by atoms with Crippen molar-refractivity contribution in [3.8, 4) is 0 Å². The van der Waals surface area contributed by atoms with Gasteiger partial charge in [-0.15, -0.1) is 24.0 Å². The minimum Gasteiger partial charge on any atom is -0.469 e. The highest BCUT2D eigenvalue weighted by Crippen LogP contribution is 2.21. The SMILES string of the molecule is CCN1CCCC1CN=C(NCCCCC(F)(F)F)NCCc1ccco1.I. The first kappa shape index (κ1) is 25.1. The number of guanidine groups is 1. The molecular weight excluding hydrogens is 484 g/mol. The number of nitrogens with zero attached hydrogens (tertiary/aromatic N) is 2. The lowest BCUT2D eigenvalue weighted by molar-refractivity contribution is -0.135. The van der Waals surface area contributed by atoms with Gasteiger partial charge in [-0.1, -0.05) is 6.92 Å². The number of rotatable bonds is 10. The predicted molar refractivity (Wildman–Crippen MR) is 116 cm³/mol. The second kappa shape index (κ2) is 13.3. The van der Waals surface area contributed by atoms with E-state index in [0.717, 1.165) is 31.7 Å². The monoisotopic (exact) mass is 516 g/mol. The van der Waals surface area contributed by atoms with Crippen molar-refractivity contribution < 1.29 is 17.6 Å². The largest absolute Gasteiger partial charge is 0.469 e. The summed E-state index contributed by atoms with van der Waals surface area (Å²) in [4.78, 5) is 7.09. The first-order valence-corrected chi connectivity index (χ1v) is 9.83. The molecule has 0 radical (unpaired) electrons. The zero-order valence-corrected chi connectivity index (χ0v) is 18.8. The van der Waals surface area contributed by atoms with E-state index in [1.54, 1.807) is 6.26 Å². The Balaban J connectivity index is 0.00000392. The maximum absolute atomic E-state index is 12.2. The zero-order chi connectivity index (χ0) is 19.5. The molecule has 1 atom stereocenters. The quantitative estimate of drug-likeness (QED) is 0.212. The van der Waals surface area contributed by atoms with Crippen LogP contribution in [-0.2, 0) is 6.42 Å². The minimum atomic E-state index is -4.08. The summed E-state index contributed by atoms with van der Waals surface area (Å²) < 4.78 is 42.0. The maximum Gasteiger partial charge on any atom is 0.389 e. The summed E-state index contributed by atoms with van der Waals surface area (Å²) in [5.41, 5.74) is 0. The first-order valence-electron chi connectivity index (χ1n) is 9.83. The van der Waals surface area contributed by atoms with E-state index >= 15 is 0 Å². The van der Waals surface area contributed by atoms with Gasteiger partial charge >= 0.3 is 6.18 Å². The van der Waals surface area contributed by atoms with Crippen molar-refractivity contribution in [3.63, 3.8) is 0 Å². The number of nitrogens with one attached hydrogen (secondary N) is 2. The van der Waals surface area contributed by atoms with Gasteiger partial charge in [0.1, 0.15) is 5.76 Å². The second-order valence-corrected chi connectivity index (χ2v) is 6.87. The lowest BCUT2D eigenvalue weighted by Gasteiger charge is -2.21. The number of halogens is 4. The van der Waals surface area contributed by atoms with Gasteiger partial charge in [0.25, 0.3) is 0 Å². The highest BCUT2D eigenvalue weighted by atomic mass is 127. The van der Waals surface area contributed by atoms with Crippen LogP contribution in [0, 0.1) is 0 Å². The van der Waals surface area contributed by atoms with Gasteiger partial charge in [-0.3, -0.25) is 9.89 Å². The number of unbranched alkanes of at least 4 members (excludes halogenated alkanes) is 1. The van der Waals surface area contributed by atoms with Crippen molar-refractivity contribution in [2.24, 2.45) is 4.99 Å². The van der Waals surface area contributed by atoms with E-state index < -0.39 is 12.6 Å². The molecule has 0 spiro atoms. The molecular formula is C19H32F3IN4O. The summed E-state index contributed by atoms with van der Waals surface area (Å²) in [6.07, 6.45) is 0.480. The molecule has 0 amide bonds. The Morgan fingerprint density at radius 2 is 2.07 bits per heavy atom. The summed E-state index contributed by atoms with van der Waals surface area (Å²) in [6, 6.07) is 4.22. The Morgan fingerprint density at radius 1 is 1.29 bits per heavy atom. The molecule has 9 heteroatoms. The summed E-state index contributed by atoms with van der Waals surface area (Å²) in [6.45, 7) is 6.12. The van der Waals surface area contributed by atoms with Crippen LogP contribution in [0.5, 0.6) is 0 Å². The van der Waals surface area contributed by atoms with Crippen molar-refractivity contribution in [2.75, 3.05) is 32.7 Å². The molecule has 2 rings (SSSR count). The van der Waals surface area contributed by atoms with Crippen molar-refractivity contribution in [3.05, 3.63) is 24.2 Å². The van der Waals surface area contributed by atoms with E-state index in [0.29, 0.717) is 38.1 Å². The number of hydrogen-bond donors (Lipinski definition) is 2. The van der Waals surface area contributed by atoms with Crippen molar-refractivity contribution in [1.82, 2.24) is 15.5 Å². The molecule has 2 heterocycles. The van der Waals surface area contributed by atoms with Crippen LogP contribution in [0.3, 0.4) is 0 Å². The van der Waals surface area contributed by atoms with Gasteiger partial charge in [0, 0.05) is 32.0 Å². The van der Waals surface area contributed by atoms with Gasteiger partial charge in [-0.05, 0) is 50.9 Å². The highest BCUT2D eigenvalue weighted by Gasteiger charge is 2.26. The lowest BCUT2D eigenvalue weighted by atomic mass is 10.2. The fraction of sp³-hybridized carbons (Fsp3) is 0.737. The van der Waals surface area contributed by atoms with E-state index in [2.05, 4.69) is 27.4 Å². The molecule has 0 aromatic carbocycles. The van der Waals surface area contributed by atoms with Crippen LogP contribution in [0.1, 0.15) is 44.8 Å². The Bertz CT molecular complexity index is 552. The molecule has 1 unspecified atom stereocenters. The van der Waals surface area contributed by atoms with Crippen molar-refractivity contribution >= 4 is 29.9 Å². The van der Waals surface area contributed by atoms with Crippen LogP contribution >= 0.6 is 24.0 Å². The number of furan rings is 1. The molecule has 162 valence electrons. The van der Waals surface area contributed by atoms with Gasteiger partial charge in [-0.25, -0.2) is 0 Å². The topological polar surface area (TPSA) is 52.8 Å². The predicted octanol–water partition coefficient (Wildman–Crippen LogP) is 4.19. The molecule has 0 aliphatic carbocycles. The number of aliphatic imine (C=N–C) groups is 1. The number of alkyl halides is 3. The van der Waals surface area contributed by atoms with E-state index in [1.807, 2.05) is 12.1 Å². The molecule has 1 fully saturated rings. The summed E-state index contributed by atoms with van der Waals surface area (Å²) in [5, 5.41) is 6.43. The average Bonchev–Trinajstić information content (AvgIpc) is 3.29. The van der Waals surface area contributed by atoms with Crippen LogP contribution in [0.15, 0.2) is 27.8 Å². The number of likely N-dealkylation sites (tertiary alicyclic amines) is 1. The molecule has 28 heavy (non-hydrogen) atoms. The Kier molecular flexibility index (Phi) is 11.9. The number of likely N-dealkylation sites (N-methyl/N-ethyl adjacent to an activating group) is 1. The fourth-order valence-electron chi connectivity index (χ4n) is 3.31. The summed E-state index contributed by atoms with van der Waals surface area (Å²) in [5.74, 6) is 1.55. The minimum absolute atomic E-state index is 0. The van der Waals surface area contributed by atoms with Crippen LogP contribution in [0.25, 0.3) is 0 Å². The maximum atomic E-state index is 12.2. The molecule has 0 saturated carbocycles. The van der Waals surface area contributed by atoms with Crippen LogP contribution in [-0.4, -0.2) is 55.8 Å². The molecule has 5 nitrogen and oxygen atoms in total. The Labute approximate surface area is 182 Å². The van der Waals surface area contributed by atoms with E-state index in [-0.39, 0.29) is 30.4 Å². The van der Waals surface area contributed by atoms with Gasteiger partial charge < -0.3 is 15.1 Å². The molecule has 1 aromatic rings. The van der Waals surface area contributed by atoms with Crippen LogP contribution < -0.4 is 10.6 Å². The third-order valence-corrected chi connectivity index (χ3v) is 4.79. The average molecular weight is 516 g/mol. The molecule has 1 aliphatic heterocycles. The second-order valence-electron chi connectivity index (χ2n) is 6.87. The smallest absolute Gasteiger partial charge is 0.389 e. The van der Waals surface area contributed by atoms with Crippen molar-refractivity contribution in [2.45, 2.75) is 57.7 Å². The highest BCUT2D eigenvalue weighted by molar-refractivity contribution is 14.0. The summed E-state index contributed by atoms with van der Waals surface area (Å²) in [7, 11) is 0. The fourth-order valence-corrected chi connectivity index (χ4v) is 3.31. The zero-order valence-electron chi connectivity index (χ0n) is 16.4. The lowest BCUT2D eigenvalue weighted by Crippen LogP contribution is -2.40. The third kappa shape index (κ3) is 9.99.